The molecule has 7 nitrogen and oxygen atoms in total. The molecule has 0 unspecified atom stereocenters. The van der Waals surface area contributed by atoms with Gasteiger partial charge in [0.1, 0.15) is 5.75 Å². The molecule has 1 fully saturated rings. The molecule has 2 amide bonds. The van der Waals surface area contributed by atoms with Crippen molar-refractivity contribution in [3.63, 3.8) is 0 Å². The van der Waals surface area contributed by atoms with E-state index < -0.39 is 21.7 Å². The van der Waals surface area contributed by atoms with Crippen LogP contribution in [-0.4, -0.2) is 38.3 Å². The Hall–Kier alpha value is -1.80. The summed E-state index contributed by atoms with van der Waals surface area (Å²) in [5, 5.41) is 0.381. The fourth-order valence-corrected chi connectivity index (χ4v) is 4.28. The molecule has 1 aromatic carbocycles. The van der Waals surface area contributed by atoms with Crippen LogP contribution in [0.15, 0.2) is 24.3 Å². The molecular formula is C14H17ClN2O5S. The highest BCUT2D eigenvalue weighted by atomic mass is 35.5. The predicted molar refractivity (Wildman–Crippen MR) is 84.6 cm³/mol. The second-order valence-corrected chi connectivity index (χ2v) is 7.92. The Morgan fingerprint density at radius 1 is 1.22 bits per heavy atom. The van der Waals surface area contributed by atoms with E-state index in [0.29, 0.717) is 17.2 Å². The maximum absolute atomic E-state index is 11.7. The summed E-state index contributed by atoms with van der Waals surface area (Å²) in [6, 6.07) is 6.70. The quantitative estimate of drug-likeness (QED) is 0.752. The van der Waals surface area contributed by atoms with Crippen LogP contribution in [0.2, 0.25) is 5.02 Å². The lowest BCUT2D eigenvalue weighted by molar-refractivity contribution is -0.130. The average Bonchev–Trinajstić information content (AvgIpc) is 2.83. The molecule has 2 N–H and O–H groups in total. The zero-order chi connectivity index (χ0) is 16.9. The second-order valence-electron chi connectivity index (χ2n) is 5.29. The summed E-state index contributed by atoms with van der Waals surface area (Å²) in [6.45, 7) is -0.304. The van der Waals surface area contributed by atoms with Crippen molar-refractivity contribution in [3.8, 4) is 5.75 Å². The normalized spacial score (nSPS) is 19.1. The number of sulfone groups is 1. The fraction of sp³-hybridized carbons (Fsp3) is 0.429. The molecule has 0 bridgehead atoms. The number of ether oxygens (including phenoxy) is 1. The molecule has 2 rings (SSSR count). The summed E-state index contributed by atoms with van der Waals surface area (Å²) < 4.78 is 27.8. The molecule has 0 aliphatic carbocycles. The van der Waals surface area contributed by atoms with Gasteiger partial charge < -0.3 is 4.74 Å². The lowest BCUT2D eigenvalue weighted by atomic mass is 10.1. The Kier molecular flexibility index (Phi) is 5.84. The van der Waals surface area contributed by atoms with E-state index in [9.17, 15) is 18.0 Å². The average molecular weight is 361 g/mol. The topological polar surface area (TPSA) is 102 Å². The van der Waals surface area contributed by atoms with Gasteiger partial charge in [0.2, 0.25) is 5.91 Å². The molecule has 1 aliphatic rings. The molecule has 126 valence electrons. The summed E-state index contributed by atoms with van der Waals surface area (Å²) in [5.74, 6) is -0.675. The minimum atomic E-state index is -3.02. The number of halogens is 1. The van der Waals surface area contributed by atoms with Crippen molar-refractivity contribution in [1.82, 2.24) is 10.9 Å². The van der Waals surface area contributed by atoms with Gasteiger partial charge in [0.15, 0.2) is 16.4 Å². The lowest BCUT2D eigenvalue weighted by Crippen LogP contribution is -2.44. The van der Waals surface area contributed by atoms with Crippen LogP contribution in [-0.2, 0) is 19.4 Å². The molecule has 0 saturated carbocycles. The van der Waals surface area contributed by atoms with Gasteiger partial charge in [-0.15, -0.1) is 0 Å². The van der Waals surface area contributed by atoms with Gasteiger partial charge in [-0.25, -0.2) is 8.42 Å². The van der Waals surface area contributed by atoms with E-state index in [-0.39, 0.29) is 30.5 Å². The largest absolute Gasteiger partial charge is 0.482 e. The first-order chi connectivity index (χ1) is 10.9. The van der Waals surface area contributed by atoms with E-state index in [0.717, 1.165) is 0 Å². The summed E-state index contributed by atoms with van der Waals surface area (Å²) in [4.78, 5) is 23.2. The molecule has 1 saturated heterocycles. The van der Waals surface area contributed by atoms with Crippen LogP contribution in [0.25, 0.3) is 0 Å². The third-order valence-corrected chi connectivity index (χ3v) is 5.49. The summed E-state index contributed by atoms with van der Waals surface area (Å²) in [6.07, 6.45) is 0.532. The Morgan fingerprint density at radius 3 is 2.57 bits per heavy atom. The highest BCUT2D eigenvalue weighted by Gasteiger charge is 2.29. The maximum atomic E-state index is 11.7. The number of hydrogen-bond donors (Lipinski definition) is 2. The first kappa shape index (κ1) is 17.6. The molecule has 23 heavy (non-hydrogen) atoms. The molecule has 1 aliphatic heterocycles. The van der Waals surface area contributed by atoms with Crippen LogP contribution in [0.5, 0.6) is 5.75 Å². The van der Waals surface area contributed by atoms with Gasteiger partial charge in [-0.05, 0) is 24.5 Å². The number of amides is 2. The molecule has 0 spiro atoms. The van der Waals surface area contributed by atoms with Crippen LogP contribution < -0.4 is 15.6 Å². The Bertz CT molecular complexity index is 692. The first-order valence-electron chi connectivity index (χ1n) is 7.01. The maximum Gasteiger partial charge on any atom is 0.276 e. The molecule has 9 heteroatoms. The van der Waals surface area contributed by atoms with Crippen molar-refractivity contribution < 1.29 is 22.7 Å². The standard InChI is InChI=1S/C14H17ClN2O5S/c15-11-3-1-2-4-12(11)22-8-14(19)17-16-13(18)7-10-5-6-23(20,21)9-10/h1-4,10H,5-9H2,(H,16,18)(H,17,19)/t10-/m0/s1. The molecule has 1 atom stereocenters. The van der Waals surface area contributed by atoms with Crippen LogP contribution in [0.4, 0.5) is 0 Å². The van der Waals surface area contributed by atoms with Gasteiger partial charge in [0.25, 0.3) is 5.91 Å². The van der Waals surface area contributed by atoms with Gasteiger partial charge >= 0.3 is 0 Å². The van der Waals surface area contributed by atoms with E-state index in [1.807, 2.05) is 0 Å². The minimum Gasteiger partial charge on any atom is -0.482 e. The van der Waals surface area contributed by atoms with Crippen LogP contribution >= 0.6 is 11.6 Å². The highest BCUT2D eigenvalue weighted by Crippen LogP contribution is 2.23. The number of carbonyl (C=O) groups is 2. The van der Waals surface area contributed by atoms with E-state index in [1.54, 1.807) is 24.3 Å². The van der Waals surface area contributed by atoms with E-state index in [2.05, 4.69) is 10.9 Å². The summed E-state index contributed by atoms with van der Waals surface area (Å²) in [5.41, 5.74) is 4.45. The zero-order valence-corrected chi connectivity index (χ0v) is 13.8. The van der Waals surface area contributed by atoms with Gasteiger partial charge in [0.05, 0.1) is 16.5 Å². The smallest absolute Gasteiger partial charge is 0.276 e. The summed E-state index contributed by atoms with van der Waals surface area (Å²) >= 11 is 5.88. The van der Waals surface area contributed by atoms with Crippen molar-refractivity contribution >= 4 is 33.3 Å². The second kappa shape index (κ2) is 7.65. The fourth-order valence-electron chi connectivity index (χ4n) is 2.23. The minimum absolute atomic E-state index is 0.0178. The number of rotatable bonds is 5. The number of para-hydroxylation sites is 1. The highest BCUT2D eigenvalue weighted by molar-refractivity contribution is 7.91. The van der Waals surface area contributed by atoms with Crippen molar-refractivity contribution in [2.75, 3.05) is 18.1 Å². The third-order valence-electron chi connectivity index (χ3n) is 3.34. The Labute approximate surface area is 139 Å². The van der Waals surface area contributed by atoms with Gasteiger partial charge in [-0.3, -0.25) is 20.4 Å². The number of hydrazine groups is 1. The Morgan fingerprint density at radius 2 is 1.91 bits per heavy atom. The van der Waals surface area contributed by atoms with Crippen molar-refractivity contribution in [1.29, 1.82) is 0 Å². The van der Waals surface area contributed by atoms with Crippen LogP contribution in [0.3, 0.4) is 0 Å². The number of benzene rings is 1. The number of carbonyl (C=O) groups excluding carboxylic acids is 2. The van der Waals surface area contributed by atoms with E-state index >= 15 is 0 Å². The molecule has 1 heterocycles. The molecule has 0 radical (unpaired) electrons. The molecular weight excluding hydrogens is 344 g/mol. The monoisotopic (exact) mass is 360 g/mol. The van der Waals surface area contributed by atoms with Crippen LogP contribution in [0, 0.1) is 5.92 Å². The predicted octanol–water partition coefficient (Wildman–Crippen LogP) is 0.691. The number of nitrogens with one attached hydrogen (secondary N) is 2. The van der Waals surface area contributed by atoms with Crippen molar-refractivity contribution in [3.05, 3.63) is 29.3 Å². The zero-order valence-electron chi connectivity index (χ0n) is 12.2. The van der Waals surface area contributed by atoms with E-state index in [4.69, 9.17) is 16.3 Å². The number of hydrogen-bond acceptors (Lipinski definition) is 5. The Balaban J connectivity index is 1.68. The van der Waals surface area contributed by atoms with Crippen molar-refractivity contribution in [2.24, 2.45) is 5.92 Å². The molecule has 1 aromatic rings. The van der Waals surface area contributed by atoms with Crippen molar-refractivity contribution in [2.45, 2.75) is 12.8 Å². The van der Waals surface area contributed by atoms with Gasteiger partial charge in [0, 0.05) is 6.42 Å². The van der Waals surface area contributed by atoms with Gasteiger partial charge in [-0.2, -0.15) is 0 Å². The van der Waals surface area contributed by atoms with Crippen LogP contribution in [0.1, 0.15) is 12.8 Å². The summed E-state index contributed by atoms with van der Waals surface area (Å²) in [7, 11) is -3.02. The lowest BCUT2D eigenvalue weighted by Gasteiger charge is -2.11. The first-order valence-corrected chi connectivity index (χ1v) is 9.21. The third kappa shape index (κ3) is 5.72. The van der Waals surface area contributed by atoms with E-state index in [1.165, 1.54) is 0 Å². The molecule has 0 aromatic heterocycles. The van der Waals surface area contributed by atoms with Gasteiger partial charge in [-0.1, -0.05) is 23.7 Å². The SMILES string of the molecule is O=C(COc1ccccc1Cl)NNC(=O)C[C@@H]1CCS(=O)(=O)C1.